The molecule has 0 spiro atoms. The number of benzene rings is 1. The van der Waals surface area contributed by atoms with Crippen LogP contribution in [-0.4, -0.2) is 57.2 Å². The van der Waals surface area contributed by atoms with Gasteiger partial charge in [-0.15, -0.1) is 11.3 Å². The molecule has 1 aliphatic rings. The Balaban J connectivity index is 1.43. The second-order valence-electron chi connectivity index (χ2n) is 5.86. The van der Waals surface area contributed by atoms with E-state index in [1.807, 2.05) is 18.2 Å². The predicted molar refractivity (Wildman–Crippen MR) is 103 cm³/mol. The maximum Gasteiger partial charge on any atom is 0.261 e. The van der Waals surface area contributed by atoms with Gasteiger partial charge in [0.1, 0.15) is 5.75 Å². The molecule has 1 aromatic heterocycles. The van der Waals surface area contributed by atoms with Gasteiger partial charge in [-0.1, -0.05) is 23.7 Å². The summed E-state index contributed by atoms with van der Waals surface area (Å²) in [7, 11) is 1.71. The summed E-state index contributed by atoms with van der Waals surface area (Å²) in [6.45, 7) is 5.34. The second kappa shape index (κ2) is 8.56. The standard InChI is InChI=1S/C18H22ClN3O2S/c1-24-15-5-3-2-4-14(15)22-12-10-21(11-13-22)9-8-20-18(23)16-6-7-17(19)25-16/h2-7H,8-13H2,1H3,(H,20,23). The van der Waals surface area contributed by atoms with Gasteiger partial charge >= 0.3 is 0 Å². The first-order valence-electron chi connectivity index (χ1n) is 8.31. The molecule has 5 nitrogen and oxygen atoms in total. The summed E-state index contributed by atoms with van der Waals surface area (Å²) in [6, 6.07) is 11.6. The normalized spacial score (nSPS) is 15.2. The molecule has 2 heterocycles. The summed E-state index contributed by atoms with van der Waals surface area (Å²) in [4.78, 5) is 17.4. The Hall–Kier alpha value is -1.76. The minimum Gasteiger partial charge on any atom is -0.495 e. The smallest absolute Gasteiger partial charge is 0.261 e. The zero-order valence-electron chi connectivity index (χ0n) is 14.2. The summed E-state index contributed by atoms with van der Waals surface area (Å²) in [5.74, 6) is 0.863. The van der Waals surface area contributed by atoms with Crippen molar-refractivity contribution in [2.45, 2.75) is 0 Å². The van der Waals surface area contributed by atoms with Crippen molar-refractivity contribution >= 4 is 34.5 Å². The van der Waals surface area contributed by atoms with Gasteiger partial charge in [-0.25, -0.2) is 0 Å². The van der Waals surface area contributed by atoms with Crippen molar-refractivity contribution in [1.29, 1.82) is 0 Å². The van der Waals surface area contributed by atoms with E-state index >= 15 is 0 Å². The number of methoxy groups -OCH3 is 1. The van der Waals surface area contributed by atoms with E-state index in [9.17, 15) is 4.79 Å². The Labute approximate surface area is 157 Å². The van der Waals surface area contributed by atoms with Crippen LogP contribution < -0.4 is 15.0 Å². The van der Waals surface area contributed by atoms with Crippen LogP contribution in [0.3, 0.4) is 0 Å². The Bertz CT molecular complexity index is 714. The average molecular weight is 380 g/mol. The zero-order chi connectivity index (χ0) is 17.6. The molecule has 2 aromatic rings. The van der Waals surface area contributed by atoms with Gasteiger partial charge < -0.3 is 15.0 Å². The molecule has 1 aliphatic heterocycles. The van der Waals surface area contributed by atoms with Crippen LogP contribution >= 0.6 is 22.9 Å². The average Bonchev–Trinajstić information content (AvgIpc) is 3.09. The van der Waals surface area contributed by atoms with E-state index in [2.05, 4.69) is 21.2 Å². The largest absolute Gasteiger partial charge is 0.495 e. The van der Waals surface area contributed by atoms with Gasteiger partial charge in [0, 0.05) is 39.3 Å². The predicted octanol–water partition coefficient (Wildman–Crippen LogP) is 2.96. The lowest BCUT2D eigenvalue weighted by Crippen LogP contribution is -2.48. The number of nitrogens with one attached hydrogen (secondary N) is 1. The van der Waals surface area contributed by atoms with Gasteiger partial charge in [0.25, 0.3) is 5.91 Å². The fourth-order valence-electron chi connectivity index (χ4n) is 2.95. The first-order valence-corrected chi connectivity index (χ1v) is 9.50. The molecule has 0 atom stereocenters. The molecule has 1 fully saturated rings. The number of thiophene rings is 1. The molecule has 7 heteroatoms. The van der Waals surface area contributed by atoms with Gasteiger partial charge in [-0.05, 0) is 24.3 Å². The number of para-hydroxylation sites is 2. The van der Waals surface area contributed by atoms with Crippen LogP contribution in [0.4, 0.5) is 5.69 Å². The highest BCUT2D eigenvalue weighted by molar-refractivity contribution is 7.17. The van der Waals surface area contributed by atoms with Crippen molar-refractivity contribution in [2.75, 3.05) is 51.3 Å². The number of amides is 1. The summed E-state index contributed by atoms with van der Waals surface area (Å²) in [6.07, 6.45) is 0. The van der Waals surface area contributed by atoms with Crippen LogP contribution in [0.25, 0.3) is 0 Å². The van der Waals surface area contributed by atoms with E-state index in [0.29, 0.717) is 15.8 Å². The van der Waals surface area contributed by atoms with Crippen LogP contribution in [-0.2, 0) is 0 Å². The van der Waals surface area contributed by atoms with Gasteiger partial charge in [-0.3, -0.25) is 9.69 Å². The van der Waals surface area contributed by atoms with E-state index < -0.39 is 0 Å². The molecule has 1 amide bonds. The first-order chi connectivity index (χ1) is 12.2. The number of carbonyl (C=O) groups excluding carboxylic acids is 1. The maximum atomic E-state index is 12.0. The van der Waals surface area contributed by atoms with Gasteiger partial charge in [0.15, 0.2) is 0 Å². The number of hydrogen-bond acceptors (Lipinski definition) is 5. The molecule has 0 unspecified atom stereocenters. The van der Waals surface area contributed by atoms with E-state index in [1.54, 1.807) is 19.2 Å². The Morgan fingerprint density at radius 1 is 1.20 bits per heavy atom. The molecular weight excluding hydrogens is 358 g/mol. The van der Waals surface area contributed by atoms with E-state index in [0.717, 1.165) is 44.2 Å². The Kier molecular flexibility index (Phi) is 6.18. The number of anilines is 1. The van der Waals surface area contributed by atoms with Crippen molar-refractivity contribution in [3.63, 3.8) is 0 Å². The SMILES string of the molecule is COc1ccccc1N1CCN(CCNC(=O)c2ccc(Cl)s2)CC1. The third-order valence-electron chi connectivity index (χ3n) is 4.31. The lowest BCUT2D eigenvalue weighted by atomic mass is 10.2. The fraction of sp³-hybridized carbons (Fsp3) is 0.389. The lowest BCUT2D eigenvalue weighted by molar-refractivity contribution is 0.0952. The second-order valence-corrected chi connectivity index (χ2v) is 7.58. The van der Waals surface area contributed by atoms with Crippen LogP contribution in [0.15, 0.2) is 36.4 Å². The quantitative estimate of drug-likeness (QED) is 0.838. The minimum atomic E-state index is -0.0513. The maximum absolute atomic E-state index is 12.0. The molecule has 134 valence electrons. The molecule has 3 rings (SSSR count). The number of carbonyl (C=O) groups is 1. The molecule has 25 heavy (non-hydrogen) atoms. The van der Waals surface area contributed by atoms with Crippen LogP contribution in [0.5, 0.6) is 5.75 Å². The van der Waals surface area contributed by atoms with Crippen molar-refractivity contribution in [3.05, 3.63) is 45.6 Å². The molecule has 0 saturated carbocycles. The topological polar surface area (TPSA) is 44.8 Å². The number of hydrogen-bond donors (Lipinski definition) is 1. The number of rotatable bonds is 6. The molecule has 1 saturated heterocycles. The zero-order valence-corrected chi connectivity index (χ0v) is 15.8. The van der Waals surface area contributed by atoms with Gasteiger partial charge in [0.2, 0.25) is 0 Å². The number of piperazine rings is 1. The van der Waals surface area contributed by atoms with E-state index in [4.69, 9.17) is 16.3 Å². The highest BCUT2D eigenvalue weighted by Crippen LogP contribution is 2.28. The summed E-state index contributed by atoms with van der Waals surface area (Å²) in [5, 5.41) is 2.96. The van der Waals surface area contributed by atoms with Gasteiger partial charge in [-0.2, -0.15) is 0 Å². The fourth-order valence-corrected chi connectivity index (χ4v) is 3.91. The van der Waals surface area contributed by atoms with Crippen LogP contribution in [0.1, 0.15) is 9.67 Å². The summed E-state index contributed by atoms with van der Waals surface area (Å²) >= 11 is 7.17. The van der Waals surface area contributed by atoms with Crippen molar-refractivity contribution in [3.8, 4) is 5.75 Å². The monoisotopic (exact) mass is 379 g/mol. The summed E-state index contributed by atoms with van der Waals surface area (Å²) < 4.78 is 6.09. The number of nitrogens with zero attached hydrogens (tertiary/aromatic N) is 2. The van der Waals surface area contributed by atoms with Crippen LogP contribution in [0.2, 0.25) is 4.34 Å². The van der Waals surface area contributed by atoms with Crippen LogP contribution in [0, 0.1) is 0 Å². The Morgan fingerprint density at radius 3 is 2.64 bits per heavy atom. The lowest BCUT2D eigenvalue weighted by Gasteiger charge is -2.36. The van der Waals surface area contributed by atoms with E-state index in [-0.39, 0.29) is 5.91 Å². The molecular formula is C18H22ClN3O2S. The van der Waals surface area contributed by atoms with Gasteiger partial charge in [0.05, 0.1) is 22.0 Å². The third-order valence-corrected chi connectivity index (χ3v) is 5.54. The highest BCUT2D eigenvalue weighted by atomic mass is 35.5. The molecule has 0 bridgehead atoms. The Morgan fingerprint density at radius 2 is 1.96 bits per heavy atom. The molecule has 0 radical (unpaired) electrons. The third kappa shape index (κ3) is 4.66. The molecule has 0 aliphatic carbocycles. The van der Waals surface area contributed by atoms with Crippen molar-refractivity contribution in [2.24, 2.45) is 0 Å². The molecule has 1 aromatic carbocycles. The number of halogens is 1. The molecule has 1 N–H and O–H groups in total. The summed E-state index contributed by atoms with van der Waals surface area (Å²) in [5.41, 5.74) is 1.15. The first kappa shape index (κ1) is 18.0. The van der Waals surface area contributed by atoms with E-state index in [1.165, 1.54) is 11.3 Å². The minimum absolute atomic E-state index is 0.0513. The highest BCUT2D eigenvalue weighted by Gasteiger charge is 2.19. The van der Waals surface area contributed by atoms with Crippen molar-refractivity contribution in [1.82, 2.24) is 10.2 Å². The number of ether oxygens (including phenoxy) is 1. The van der Waals surface area contributed by atoms with Crippen molar-refractivity contribution < 1.29 is 9.53 Å².